The topological polar surface area (TPSA) is 98.0 Å². The van der Waals surface area contributed by atoms with Gasteiger partial charge >= 0.3 is 0 Å². The highest BCUT2D eigenvalue weighted by Crippen LogP contribution is 2.13. The summed E-state index contributed by atoms with van der Waals surface area (Å²) in [4.78, 5) is 15.0. The SMILES string of the molecule is COCC(C)NC(=NCc1ccc([N+](=O)[O-])cc1)NCCc1ccc(OC)cc1.I. The molecule has 0 radical (unpaired) electrons. The third kappa shape index (κ3) is 8.95. The Bertz CT molecular complexity index is 798. The van der Waals surface area contributed by atoms with Crippen molar-refractivity contribution in [3.05, 3.63) is 69.8 Å². The fourth-order valence-electron chi connectivity index (χ4n) is 2.69. The van der Waals surface area contributed by atoms with Crippen LogP contribution in [-0.2, 0) is 17.7 Å². The van der Waals surface area contributed by atoms with Gasteiger partial charge in [-0.3, -0.25) is 10.1 Å². The first-order valence-corrected chi connectivity index (χ1v) is 9.42. The third-order valence-corrected chi connectivity index (χ3v) is 4.23. The van der Waals surface area contributed by atoms with Gasteiger partial charge in [0.05, 0.1) is 25.2 Å². The Morgan fingerprint density at radius 3 is 2.30 bits per heavy atom. The first kappa shape index (κ1) is 25.6. The Morgan fingerprint density at radius 1 is 1.10 bits per heavy atom. The number of methoxy groups -OCH3 is 2. The number of nitrogens with zero attached hydrogens (tertiary/aromatic N) is 2. The molecule has 0 bridgehead atoms. The second kappa shape index (κ2) is 13.8. The van der Waals surface area contributed by atoms with Gasteiger partial charge in [0.1, 0.15) is 5.75 Å². The predicted octanol–water partition coefficient (Wildman–Crippen LogP) is 3.53. The molecule has 9 heteroatoms. The number of guanidine groups is 1. The smallest absolute Gasteiger partial charge is 0.269 e. The minimum Gasteiger partial charge on any atom is -0.497 e. The fraction of sp³-hybridized carbons (Fsp3) is 0.381. The van der Waals surface area contributed by atoms with Crippen LogP contribution in [0.3, 0.4) is 0 Å². The summed E-state index contributed by atoms with van der Waals surface area (Å²) in [5.41, 5.74) is 2.16. The molecule has 8 nitrogen and oxygen atoms in total. The summed E-state index contributed by atoms with van der Waals surface area (Å²) in [6.07, 6.45) is 0.834. The highest BCUT2D eigenvalue weighted by atomic mass is 127. The Morgan fingerprint density at radius 2 is 1.73 bits per heavy atom. The van der Waals surface area contributed by atoms with Crippen molar-refractivity contribution in [2.45, 2.75) is 25.9 Å². The van der Waals surface area contributed by atoms with Crippen LogP contribution in [0.1, 0.15) is 18.1 Å². The molecule has 0 heterocycles. The van der Waals surface area contributed by atoms with E-state index in [1.54, 1.807) is 26.4 Å². The van der Waals surface area contributed by atoms with Gasteiger partial charge in [0.25, 0.3) is 5.69 Å². The van der Waals surface area contributed by atoms with Crippen LogP contribution in [0.2, 0.25) is 0 Å². The number of nitrogens with one attached hydrogen (secondary N) is 2. The van der Waals surface area contributed by atoms with E-state index in [1.165, 1.54) is 17.7 Å². The average molecular weight is 528 g/mol. The molecular formula is C21H29IN4O4. The summed E-state index contributed by atoms with van der Waals surface area (Å²) in [6.45, 7) is 3.68. The molecule has 0 aliphatic rings. The van der Waals surface area contributed by atoms with E-state index in [4.69, 9.17) is 9.47 Å². The highest BCUT2D eigenvalue weighted by molar-refractivity contribution is 14.0. The van der Waals surface area contributed by atoms with Gasteiger partial charge in [-0.1, -0.05) is 24.3 Å². The summed E-state index contributed by atoms with van der Waals surface area (Å²) in [5.74, 6) is 1.50. The Hall–Kier alpha value is -2.40. The third-order valence-electron chi connectivity index (χ3n) is 4.23. The van der Waals surface area contributed by atoms with Crippen molar-refractivity contribution in [2.75, 3.05) is 27.4 Å². The number of non-ortho nitro benzene ring substituents is 1. The Labute approximate surface area is 194 Å². The van der Waals surface area contributed by atoms with Crippen LogP contribution >= 0.6 is 24.0 Å². The molecule has 0 spiro atoms. The molecule has 2 rings (SSSR count). The van der Waals surface area contributed by atoms with Gasteiger partial charge < -0.3 is 20.1 Å². The van der Waals surface area contributed by atoms with Gasteiger partial charge in [0.15, 0.2) is 5.96 Å². The minimum atomic E-state index is -0.410. The van der Waals surface area contributed by atoms with Crippen molar-refractivity contribution < 1.29 is 14.4 Å². The van der Waals surface area contributed by atoms with Crippen LogP contribution in [0.25, 0.3) is 0 Å². The second-order valence-corrected chi connectivity index (χ2v) is 6.61. The van der Waals surface area contributed by atoms with Crippen LogP contribution in [0.5, 0.6) is 5.75 Å². The molecule has 0 aliphatic heterocycles. The number of hydrogen-bond acceptors (Lipinski definition) is 5. The zero-order valence-electron chi connectivity index (χ0n) is 17.5. The molecule has 0 aromatic heterocycles. The number of ether oxygens (including phenoxy) is 2. The van der Waals surface area contributed by atoms with E-state index in [-0.39, 0.29) is 35.7 Å². The van der Waals surface area contributed by atoms with Crippen molar-refractivity contribution in [2.24, 2.45) is 4.99 Å². The molecule has 0 saturated carbocycles. The lowest BCUT2D eigenvalue weighted by atomic mass is 10.1. The average Bonchev–Trinajstić information content (AvgIpc) is 2.73. The maximum atomic E-state index is 10.8. The number of nitro groups is 1. The lowest BCUT2D eigenvalue weighted by Gasteiger charge is -2.18. The van der Waals surface area contributed by atoms with E-state index in [0.717, 1.165) is 17.7 Å². The maximum Gasteiger partial charge on any atom is 0.269 e. The first-order valence-electron chi connectivity index (χ1n) is 9.42. The van der Waals surface area contributed by atoms with E-state index in [0.29, 0.717) is 25.7 Å². The summed E-state index contributed by atoms with van der Waals surface area (Å²) in [5, 5.41) is 17.4. The van der Waals surface area contributed by atoms with Gasteiger partial charge in [-0.25, -0.2) is 4.99 Å². The Kier molecular flexibility index (Phi) is 11.8. The van der Waals surface area contributed by atoms with Gasteiger partial charge in [-0.15, -0.1) is 24.0 Å². The van der Waals surface area contributed by atoms with Crippen LogP contribution < -0.4 is 15.4 Å². The van der Waals surface area contributed by atoms with Gasteiger partial charge in [0.2, 0.25) is 0 Å². The second-order valence-electron chi connectivity index (χ2n) is 6.61. The van der Waals surface area contributed by atoms with Gasteiger partial charge in [0, 0.05) is 31.8 Å². The molecule has 1 atom stereocenters. The zero-order valence-corrected chi connectivity index (χ0v) is 19.8. The van der Waals surface area contributed by atoms with E-state index in [2.05, 4.69) is 15.6 Å². The Balaban J connectivity index is 0.00000450. The standard InChI is InChI=1S/C21H28N4O4.HI/c1-16(15-28-2)24-21(22-13-12-17-6-10-20(29-3)11-7-17)23-14-18-4-8-19(9-5-18)25(26)27;/h4-11,16H,12-15H2,1-3H3,(H2,22,23,24);1H. The quantitative estimate of drug-likeness (QED) is 0.161. The molecular weight excluding hydrogens is 499 g/mol. The number of aliphatic imine (C=N–C) groups is 1. The lowest BCUT2D eigenvalue weighted by molar-refractivity contribution is -0.384. The monoisotopic (exact) mass is 528 g/mol. The van der Waals surface area contributed by atoms with Gasteiger partial charge in [-0.2, -0.15) is 0 Å². The summed E-state index contributed by atoms with van der Waals surface area (Å²) >= 11 is 0. The maximum absolute atomic E-state index is 10.8. The van der Waals surface area contributed by atoms with Crippen LogP contribution in [0.4, 0.5) is 5.69 Å². The van der Waals surface area contributed by atoms with E-state index >= 15 is 0 Å². The predicted molar refractivity (Wildman–Crippen MR) is 129 cm³/mol. The molecule has 2 aromatic carbocycles. The summed E-state index contributed by atoms with van der Waals surface area (Å²) < 4.78 is 10.4. The normalized spacial score (nSPS) is 11.9. The zero-order chi connectivity index (χ0) is 21.1. The van der Waals surface area contributed by atoms with E-state index in [9.17, 15) is 10.1 Å². The molecule has 1 unspecified atom stereocenters. The van der Waals surface area contributed by atoms with E-state index < -0.39 is 4.92 Å². The first-order chi connectivity index (χ1) is 14.0. The summed E-state index contributed by atoms with van der Waals surface area (Å²) in [6, 6.07) is 14.5. The van der Waals surface area contributed by atoms with Crippen molar-refractivity contribution in [3.8, 4) is 5.75 Å². The molecule has 0 amide bonds. The minimum absolute atomic E-state index is 0. The molecule has 30 heavy (non-hydrogen) atoms. The number of hydrogen-bond donors (Lipinski definition) is 2. The van der Waals surface area contributed by atoms with Crippen LogP contribution in [-0.4, -0.2) is 44.3 Å². The number of benzene rings is 2. The lowest BCUT2D eigenvalue weighted by Crippen LogP contribution is -2.44. The molecule has 2 aromatic rings. The summed E-state index contributed by atoms with van der Waals surface area (Å²) in [7, 11) is 3.31. The van der Waals surface area contributed by atoms with E-state index in [1.807, 2.05) is 31.2 Å². The number of halogens is 1. The number of rotatable bonds is 10. The molecule has 0 fully saturated rings. The highest BCUT2D eigenvalue weighted by Gasteiger charge is 2.07. The molecule has 164 valence electrons. The largest absolute Gasteiger partial charge is 0.497 e. The molecule has 0 aliphatic carbocycles. The molecule has 2 N–H and O–H groups in total. The van der Waals surface area contributed by atoms with Crippen LogP contribution in [0, 0.1) is 10.1 Å². The van der Waals surface area contributed by atoms with Crippen LogP contribution in [0.15, 0.2) is 53.5 Å². The van der Waals surface area contributed by atoms with Gasteiger partial charge in [-0.05, 0) is 36.6 Å². The van der Waals surface area contributed by atoms with Crippen molar-refractivity contribution in [1.82, 2.24) is 10.6 Å². The fourth-order valence-corrected chi connectivity index (χ4v) is 2.69. The number of nitro benzene ring substituents is 1. The van der Waals surface area contributed by atoms with Crippen molar-refractivity contribution in [3.63, 3.8) is 0 Å². The molecule has 0 saturated heterocycles. The van der Waals surface area contributed by atoms with Crippen molar-refractivity contribution >= 4 is 35.6 Å². The van der Waals surface area contributed by atoms with Crippen molar-refractivity contribution in [1.29, 1.82) is 0 Å².